The maximum absolute atomic E-state index is 4.40. The Kier molecular flexibility index (Phi) is 3.81. The van der Waals surface area contributed by atoms with Gasteiger partial charge in [-0.2, -0.15) is 0 Å². The summed E-state index contributed by atoms with van der Waals surface area (Å²) >= 11 is 5.29. The van der Waals surface area contributed by atoms with Crippen LogP contribution in [-0.4, -0.2) is 22.9 Å². The van der Waals surface area contributed by atoms with Gasteiger partial charge in [-0.15, -0.1) is 11.3 Å². The first-order valence-corrected chi connectivity index (χ1v) is 7.14. The first-order valence-electron chi connectivity index (χ1n) is 5.14. The molecule has 2 nitrogen and oxygen atoms in total. The molecule has 1 aromatic rings. The van der Waals surface area contributed by atoms with Crippen LogP contribution in [0.1, 0.15) is 25.7 Å². The summed E-state index contributed by atoms with van der Waals surface area (Å²) < 4.78 is 0. The van der Waals surface area contributed by atoms with Crippen molar-refractivity contribution in [3.63, 3.8) is 0 Å². The second-order valence-electron chi connectivity index (χ2n) is 3.64. The molecule has 1 saturated heterocycles. The number of hydrogen-bond donors (Lipinski definition) is 0. The Hall–Kier alpha value is -0.0900. The van der Waals surface area contributed by atoms with E-state index in [-0.39, 0.29) is 0 Å². The molecule has 2 heterocycles. The topological polar surface area (TPSA) is 16.1 Å². The predicted molar refractivity (Wildman–Crippen MR) is 65.5 cm³/mol. The van der Waals surface area contributed by atoms with Crippen molar-refractivity contribution in [2.75, 3.05) is 16.8 Å². The van der Waals surface area contributed by atoms with E-state index in [0.717, 1.165) is 5.33 Å². The van der Waals surface area contributed by atoms with E-state index < -0.39 is 0 Å². The normalized spacial score (nSPS) is 22.6. The van der Waals surface area contributed by atoms with E-state index in [0.29, 0.717) is 6.04 Å². The van der Waals surface area contributed by atoms with Crippen LogP contribution in [0.2, 0.25) is 0 Å². The summed E-state index contributed by atoms with van der Waals surface area (Å²) in [6.07, 6.45) is 7.16. The maximum Gasteiger partial charge on any atom is 0.185 e. The van der Waals surface area contributed by atoms with Crippen LogP contribution in [0.3, 0.4) is 0 Å². The predicted octanol–water partition coefficient (Wildman–Crippen LogP) is 3.29. The largest absolute Gasteiger partial charge is 0.345 e. The van der Waals surface area contributed by atoms with Crippen molar-refractivity contribution in [1.29, 1.82) is 0 Å². The molecular weight excluding hydrogens is 260 g/mol. The lowest BCUT2D eigenvalue weighted by molar-refractivity contribution is 0.452. The van der Waals surface area contributed by atoms with Crippen LogP contribution in [0, 0.1) is 0 Å². The monoisotopic (exact) mass is 274 g/mol. The van der Waals surface area contributed by atoms with Gasteiger partial charge in [0, 0.05) is 29.5 Å². The number of alkyl halides is 1. The number of thiazole rings is 1. The van der Waals surface area contributed by atoms with Crippen LogP contribution in [0.4, 0.5) is 5.13 Å². The zero-order valence-corrected chi connectivity index (χ0v) is 10.6. The summed E-state index contributed by atoms with van der Waals surface area (Å²) in [7, 11) is 0. The van der Waals surface area contributed by atoms with E-state index in [1.165, 1.54) is 37.4 Å². The Bertz CT molecular complexity index is 261. The lowest BCUT2D eigenvalue weighted by Gasteiger charge is -2.35. The average molecular weight is 275 g/mol. The summed E-state index contributed by atoms with van der Waals surface area (Å²) in [5, 5.41) is 4.37. The number of anilines is 1. The highest BCUT2D eigenvalue weighted by atomic mass is 79.9. The van der Waals surface area contributed by atoms with Gasteiger partial charge in [-0.05, 0) is 25.7 Å². The fourth-order valence-electron chi connectivity index (χ4n) is 2.04. The number of rotatable bonds is 3. The lowest BCUT2D eigenvalue weighted by Crippen LogP contribution is -2.39. The van der Waals surface area contributed by atoms with Gasteiger partial charge in [-0.3, -0.25) is 0 Å². The van der Waals surface area contributed by atoms with Gasteiger partial charge >= 0.3 is 0 Å². The minimum atomic E-state index is 0.703. The molecular formula is C10H15BrN2S. The molecule has 2 rings (SSSR count). The van der Waals surface area contributed by atoms with Crippen molar-refractivity contribution >= 4 is 32.4 Å². The van der Waals surface area contributed by atoms with Crippen LogP contribution in [0.15, 0.2) is 11.6 Å². The summed E-state index contributed by atoms with van der Waals surface area (Å²) in [5.74, 6) is 0. The van der Waals surface area contributed by atoms with Gasteiger partial charge in [0.2, 0.25) is 0 Å². The molecule has 1 aliphatic rings. The fourth-order valence-corrected chi connectivity index (χ4v) is 3.31. The van der Waals surface area contributed by atoms with E-state index in [1.807, 2.05) is 6.20 Å². The molecule has 78 valence electrons. The molecule has 0 bridgehead atoms. The number of aromatic nitrogens is 1. The van der Waals surface area contributed by atoms with Crippen molar-refractivity contribution in [2.45, 2.75) is 31.7 Å². The summed E-state index contributed by atoms with van der Waals surface area (Å²) in [4.78, 5) is 6.88. The first-order chi connectivity index (χ1) is 6.92. The van der Waals surface area contributed by atoms with Crippen molar-refractivity contribution in [1.82, 2.24) is 4.98 Å². The Morgan fingerprint density at radius 2 is 2.50 bits per heavy atom. The van der Waals surface area contributed by atoms with E-state index in [1.54, 1.807) is 11.3 Å². The lowest BCUT2D eigenvalue weighted by atomic mass is 10.0. The molecule has 4 heteroatoms. The average Bonchev–Trinajstić information content (AvgIpc) is 2.72. The van der Waals surface area contributed by atoms with Crippen molar-refractivity contribution in [2.24, 2.45) is 0 Å². The standard InChI is InChI=1S/C10H15BrN2S/c11-5-4-9-3-1-2-7-13(9)10-12-6-8-14-10/h6,8-9H,1-5,7H2. The number of piperidine rings is 1. The van der Waals surface area contributed by atoms with E-state index in [9.17, 15) is 0 Å². The molecule has 0 aliphatic carbocycles. The van der Waals surface area contributed by atoms with Crippen LogP contribution in [0.5, 0.6) is 0 Å². The van der Waals surface area contributed by atoms with Gasteiger partial charge in [0.1, 0.15) is 0 Å². The van der Waals surface area contributed by atoms with Crippen LogP contribution in [-0.2, 0) is 0 Å². The molecule has 0 radical (unpaired) electrons. The summed E-state index contributed by atoms with van der Waals surface area (Å²) in [6, 6.07) is 0.703. The van der Waals surface area contributed by atoms with Crippen molar-refractivity contribution in [3.05, 3.63) is 11.6 Å². The van der Waals surface area contributed by atoms with Crippen LogP contribution in [0.25, 0.3) is 0 Å². The second-order valence-corrected chi connectivity index (χ2v) is 5.30. The molecule has 1 aromatic heterocycles. The van der Waals surface area contributed by atoms with E-state index in [4.69, 9.17) is 0 Å². The third-order valence-electron chi connectivity index (χ3n) is 2.73. The van der Waals surface area contributed by atoms with Gasteiger partial charge in [0.25, 0.3) is 0 Å². The third-order valence-corrected chi connectivity index (χ3v) is 4.00. The molecule has 1 aliphatic heterocycles. The summed E-state index contributed by atoms with van der Waals surface area (Å²) in [6.45, 7) is 1.19. The third kappa shape index (κ3) is 2.28. The Balaban J connectivity index is 2.06. The van der Waals surface area contributed by atoms with Crippen LogP contribution < -0.4 is 4.90 Å². The second kappa shape index (κ2) is 5.12. The molecule has 0 amide bonds. The van der Waals surface area contributed by atoms with Gasteiger partial charge in [0.05, 0.1) is 0 Å². The molecule has 1 fully saturated rings. The smallest absolute Gasteiger partial charge is 0.185 e. The highest BCUT2D eigenvalue weighted by molar-refractivity contribution is 9.09. The first kappa shape index (κ1) is 10.4. The van der Waals surface area contributed by atoms with Crippen molar-refractivity contribution < 1.29 is 0 Å². The molecule has 0 aromatic carbocycles. The highest BCUT2D eigenvalue weighted by Gasteiger charge is 2.23. The molecule has 0 spiro atoms. The quantitative estimate of drug-likeness (QED) is 0.787. The highest BCUT2D eigenvalue weighted by Crippen LogP contribution is 2.28. The zero-order chi connectivity index (χ0) is 9.80. The van der Waals surface area contributed by atoms with Crippen molar-refractivity contribution in [3.8, 4) is 0 Å². The number of halogens is 1. The molecule has 0 saturated carbocycles. The SMILES string of the molecule is BrCCC1CCCCN1c1nccs1. The van der Waals surface area contributed by atoms with Crippen LogP contribution >= 0.6 is 27.3 Å². The number of hydrogen-bond acceptors (Lipinski definition) is 3. The molecule has 14 heavy (non-hydrogen) atoms. The maximum atomic E-state index is 4.40. The molecule has 1 atom stereocenters. The van der Waals surface area contributed by atoms with E-state index in [2.05, 4.69) is 31.2 Å². The zero-order valence-electron chi connectivity index (χ0n) is 8.16. The Morgan fingerprint density at radius 3 is 3.21 bits per heavy atom. The van der Waals surface area contributed by atoms with Gasteiger partial charge in [-0.25, -0.2) is 4.98 Å². The van der Waals surface area contributed by atoms with Gasteiger partial charge < -0.3 is 4.90 Å². The van der Waals surface area contributed by atoms with Gasteiger partial charge in [0.15, 0.2) is 5.13 Å². The van der Waals surface area contributed by atoms with E-state index >= 15 is 0 Å². The summed E-state index contributed by atoms with van der Waals surface area (Å²) in [5.41, 5.74) is 0. The molecule has 0 N–H and O–H groups in total. The number of nitrogens with zero attached hydrogens (tertiary/aromatic N) is 2. The Morgan fingerprint density at radius 1 is 1.57 bits per heavy atom. The fraction of sp³-hybridized carbons (Fsp3) is 0.700. The van der Waals surface area contributed by atoms with Gasteiger partial charge in [-0.1, -0.05) is 15.9 Å². The molecule has 1 unspecified atom stereocenters. The minimum absolute atomic E-state index is 0.703. The minimum Gasteiger partial charge on any atom is -0.345 e. The Labute approximate surface area is 97.5 Å².